The molecule has 0 saturated heterocycles. The van der Waals surface area contributed by atoms with E-state index in [2.05, 4.69) is 0 Å². The lowest BCUT2D eigenvalue weighted by molar-refractivity contribution is 0.0349. The molecule has 74 valence electrons. The molecule has 3 heteroatoms. The van der Waals surface area contributed by atoms with E-state index < -0.39 is 6.10 Å². The molecule has 14 heavy (non-hydrogen) atoms. The number of benzene rings is 1. The molecule has 1 aliphatic rings. The zero-order valence-corrected chi connectivity index (χ0v) is 7.72. The van der Waals surface area contributed by atoms with Gasteiger partial charge in [-0.2, -0.15) is 0 Å². The maximum Gasteiger partial charge on any atom is 0.163 e. The summed E-state index contributed by atoms with van der Waals surface area (Å²) in [6, 6.07) is 9.36. The Balaban J connectivity index is 2.15. The van der Waals surface area contributed by atoms with Crippen molar-refractivity contribution in [2.24, 2.45) is 0 Å². The van der Waals surface area contributed by atoms with Crippen molar-refractivity contribution in [1.82, 2.24) is 0 Å². The average molecular weight is 192 g/mol. The van der Waals surface area contributed by atoms with Gasteiger partial charge in [0.05, 0.1) is 0 Å². The van der Waals surface area contributed by atoms with Crippen LogP contribution >= 0.6 is 0 Å². The minimum atomic E-state index is -0.725. The van der Waals surface area contributed by atoms with E-state index in [0.29, 0.717) is 19.0 Å². The monoisotopic (exact) mass is 192 g/mol. The highest BCUT2D eigenvalue weighted by molar-refractivity contribution is 5.23. The topological polar surface area (TPSA) is 38.7 Å². The maximum atomic E-state index is 9.87. The Morgan fingerprint density at radius 1 is 1.14 bits per heavy atom. The first-order valence-electron chi connectivity index (χ1n) is 4.55. The van der Waals surface area contributed by atoms with E-state index in [-0.39, 0.29) is 0 Å². The van der Waals surface area contributed by atoms with Crippen molar-refractivity contribution in [3.8, 4) is 0 Å². The molecule has 2 rings (SSSR count). The summed E-state index contributed by atoms with van der Waals surface area (Å²) in [5.74, 6) is 0.474. The van der Waals surface area contributed by atoms with Crippen LogP contribution in [0.25, 0.3) is 0 Å². The Kier molecular flexibility index (Phi) is 2.70. The molecule has 1 aliphatic heterocycles. The van der Waals surface area contributed by atoms with Gasteiger partial charge >= 0.3 is 0 Å². The normalized spacial score (nSPS) is 17.6. The van der Waals surface area contributed by atoms with Crippen LogP contribution in [0.1, 0.15) is 11.7 Å². The Morgan fingerprint density at radius 3 is 2.57 bits per heavy atom. The summed E-state index contributed by atoms with van der Waals surface area (Å²) in [7, 11) is 0. The molecule has 0 spiro atoms. The quantitative estimate of drug-likeness (QED) is 0.773. The molecule has 0 aliphatic carbocycles. The van der Waals surface area contributed by atoms with Crippen molar-refractivity contribution in [1.29, 1.82) is 0 Å². The fourth-order valence-electron chi connectivity index (χ4n) is 1.33. The number of aliphatic hydroxyl groups excluding tert-OH is 1. The van der Waals surface area contributed by atoms with Gasteiger partial charge in [-0.3, -0.25) is 0 Å². The minimum Gasteiger partial charge on any atom is -0.494 e. The maximum absolute atomic E-state index is 9.87. The Labute approximate surface area is 82.6 Å². The molecule has 1 unspecified atom stereocenters. The van der Waals surface area contributed by atoms with Crippen molar-refractivity contribution >= 4 is 0 Å². The van der Waals surface area contributed by atoms with Gasteiger partial charge in [0.15, 0.2) is 5.76 Å². The largest absolute Gasteiger partial charge is 0.494 e. The summed E-state index contributed by atoms with van der Waals surface area (Å²) >= 11 is 0. The number of hydrogen-bond donors (Lipinski definition) is 1. The highest BCUT2D eigenvalue weighted by Gasteiger charge is 2.17. The molecule has 0 aromatic heterocycles. The molecular formula is C11H12O3. The fraction of sp³-hybridized carbons (Fsp3) is 0.273. The van der Waals surface area contributed by atoms with E-state index in [0.717, 1.165) is 5.56 Å². The van der Waals surface area contributed by atoms with Gasteiger partial charge in [0.1, 0.15) is 25.6 Å². The number of aliphatic hydroxyl groups is 1. The first-order valence-corrected chi connectivity index (χ1v) is 4.55. The number of hydrogen-bond acceptors (Lipinski definition) is 3. The second kappa shape index (κ2) is 4.15. The van der Waals surface area contributed by atoms with Crippen LogP contribution in [0.2, 0.25) is 0 Å². The molecule has 0 saturated carbocycles. The van der Waals surface area contributed by atoms with E-state index in [1.807, 2.05) is 30.3 Å². The van der Waals surface area contributed by atoms with Crippen LogP contribution < -0.4 is 0 Å². The van der Waals surface area contributed by atoms with Crippen molar-refractivity contribution in [2.45, 2.75) is 6.10 Å². The second-order valence-corrected chi connectivity index (χ2v) is 3.05. The molecule has 0 bridgehead atoms. The molecule has 0 fully saturated rings. The average Bonchev–Trinajstić information content (AvgIpc) is 2.30. The summed E-state index contributed by atoms with van der Waals surface area (Å²) in [6.07, 6.45) is 0.748. The molecule has 1 N–H and O–H groups in total. The second-order valence-electron chi connectivity index (χ2n) is 3.05. The lowest BCUT2D eigenvalue weighted by Crippen LogP contribution is -2.13. The fourth-order valence-corrected chi connectivity index (χ4v) is 1.33. The molecule has 1 aromatic carbocycles. The third-order valence-corrected chi connectivity index (χ3v) is 2.05. The summed E-state index contributed by atoms with van der Waals surface area (Å²) in [6.45, 7) is 1.04. The minimum absolute atomic E-state index is 0.474. The number of ether oxygens (including phenoxy) is 2. The van der Waals surface area contributed by atoms with E-state index in [9.17, 15) is 5.11 Å². The predicted octanol–water partition coefficient (Wildman–Crippen LogP) is 1.61. The Hall–Kier alpha value is -1.48. The van der Waals surface area contributed by atoms with Gasteiger partial charge < -0.3 is 14.6 Å². The van der Waals surface area contributed by atoms with E-state index in [1.54, 1.807) is 0 Å². The molecule has 1 heterocycles. The van der Waals surface area contributed by atoms with Crippen LogP contribution in [0.4, 0.5) is 0 Å². The van der Waals surface area contributed by atoms with Crippen LogP contribution in [0, 0.1) is 0 Å². The van der Waals surface area contributed by atoms with E-state index in [4.69, 9.17) is 9.47 Å². The van der Waals surface area contributed by atoms with Gasteiger partial charge in [-0.05, 0) is 5.56 Å². The standard InChI is InChI=1S/C11H12O3/c12-11(9-4-2-1-3-5-9)10-8-13-6-7-14-10/h1-5,8,11-12H,6-7H2. The van der Waals surface area contributed by atoms with Crippen LogP contribution in [0.3, 0.4) is 0 Å². The molecule has 1 aromatic rings. The first kappa shape index (κ1) is 9.09. The smallest absolute Gasteiger partial charge is 0.163 e. The Morgan fingerprint density at radius 2 is 1.93 bits per heavy atom. The van der Waals surface area contributed by atoms with E-state index >= 15 is 0 Å². The third-order valence-electron chi connectivity index (χ3n) is 2.05. The highest BCUT2D eigenvalue weighted by atomic mass is 16.6. The van der Waals surface area contributed by atoms with Crippen molar-refractivity contribution in [3.63, 3.8) is 0 Å². The predicted molar refractivity (Wildman–Crippen MR) is 51.4 cm³/mol. The lowest BCUT2D eigenvalue weighted by Gasteiger charge is -2.19. The SMILES string of the molecule is OC(C1=COCCO1)c1ccccc1. The van der Waals surface area contributed by atoms with Crippen molar-refractivity contribution in [2.75, 3.05) is 13.2 Å². The molecule has 0 radical (unpaired) electrons. The summed E-state index contributed by atoms with van der Waals surface area (Å²) in [5, 5.41) is 9.87. The molecule has 3 nitrogen and oxygen atoms in total. The van der Waals surface area contributed by atoms with E-state index in [1.165, 1.54) is 6.26 Å². The van der Waals surface area contributed by atoms with Gasteiger partial charge in [-0.1, -0.05) is 30.3 Å². The third kappa shape index (κ3) is 1.88. The number of rotatable bonds is 2. The summed E-state index contributed by atoms with van der Waals surface area (Å²) < 4.78 is 10.4. The highest BCUT2D eigenvalue weighted by Crippen LogP contribution is 2.23. The molecule has 0 amide bonds. The van der Waals surface area contributed by atoms with Crippen molar-refractivity contribution in [3.05, 3.63) is 47.9 Å². The van der Waals surface area contributed by atoms with Crippen LogP contribution in [-0.2, 0) is 9.47 Å². The van der Waals surface area contributed by atoms with Gasteiger partial charge in [0.25, 0.3) is 0 Å². The zero-order valence-electron chi connectivity index (χ0n) is 7.72. The molecular weight excluding hydrogens is 180 g/mol. The lowest BCUT2D eigenvalue weighted by atomic mass is 10.1. The zero-order chi connectivity index (χ0) is 9.80. The molecule has 1 atom stereocenters. The summed E-state index contributed by atoms with van der Waals surface area (Å²) in [5.41, 5.74) is 0.809. The van der Waals surface area contributed by atoms with Crippen LogP contribution in [0.15, 0.2) is 42.4 Å². The first-order chi connectivity index (χ1) is 6.88. The van der Waals surface area contributed by atoms with Crippen LogP contribution in [0.5, 0.6) is 0 Å². The van der Waals surface area contributed by atoms with Gasteiger partial charge in [0.2, 0.25) is 0 Å². The van der Waals surface area contributed by atoms with Gasteiger partial charge in [0, 0.05) is 0 Å². The van der Waals surface area contributed by atoms with Gasteiger partial charge in [-0.15, -0.1) is 0 Å². The summed E-state index contributed by atoms with van der Waals surface area (Å²) in [4.78, 5) is 0. The van der Waals surface area contributed by atoms with Crippen LogP contribution in [-0.4, -0.2) is 18.3 Å². The van der Waals surface area contributed by atoms with Crippen molar-refractivity contribution < 1.29 is 14.6 Å². The van der Waals surface area contributed by atoms with Gasteiger partial charge in [-0.25, -0.2) is 0 Å². The Bertz CT molecular complexity index is 319.